The van der Waals surface area contributed by atoms with E-state index in [1.807, 2.05) is 76.3 Å². The van der Waals surface area contributed by atoms with Crippen molar-refractivity contribution in [2.24, 2.45) is 0 Å². The normalized spacial score (nSPS) is 13.9. The van der Waals surface area contributed by atoms with Gasteiger partial charge in [-0.3, -0.25) is 24.3 Å². The standard InChI is InChI=1S/4C12H10F.2C2H6Si.2ClH.2Hf/c4*1-9-6-7-10(8-9)11-4-2-3-5-12(11)13;2*1-3-2;;;;/h4*2-5,8H,7H2,1H3;2*1-2H3;2*1H;;/q4*-1;;;;;2*+2/p-2. The molecule has 4 aromatic rings. The van der Waals surface area contributed by atoms with E-state index in [0.717, 1.165) is 70.3 Å². The van der Waals surface area contributed by atoms with E-state index in [4.69, 9.17) is 0 Å². The first-order valence-electron chi connectivity index (χ1n) is 19.7. The van der Waals surface area contributed by atoms with Gasteiger partial charge in [0, 0.05) is 0 Å². The maximum atomic E-state index is 13.3. The Labute approximate surface area is 411 Å². The van der Waals surface area contributed by atoms with Crippen molar-refractivity contribution in [3.8, 4) is 0 Å². The van der Waals surface area contributed by atoms with Gasteiger partial charge >= 0.3 is 83.2 Å². The number of benzene rings is 4. The van der Waals surface area contributed by atoms with Crippen LogP contribution in [0.1, 0.15) is 75.6 Å². The zero-order chi connectivity index (χ0) is 44.2. The van der Waals surface area contributed by atoms with E-state index in [1.54, 1.807) is 48.5 Å². The van der Waals surface area contributed by atoms with Crippen molar-refractivity contribution in [1.29, 1.82) is 0 Å². The third-order valence-corrected chi connectivity index (χ3v) is 8.67. The Morgan fingerprint density at radius 3 is 0.661 bits per heavy atom. The van der Waals surface area contributed by atoms with Crippen molar-refractivity contribution < 1.29 is 88.4 Å². The molecule has 0 radical (unpaired) electrons. The summed E-state index contributed by atoms with van der Waals surface area (Å²) in [7, 11) is 0. The van der Waals surface area contributed by atoms with E-state index in [0.29, 0.717) is 22.3 Å². The molecule has 4 aliphatic carbocycles. The Balaban J connectivity index is 0.000000386. The molecule has 0 bridgehead atoms. The minimum Gasteiger partial charge on any atom is -1.00 e. The molecule has 0 spiro atoms. The van der Waals surface area contributed by atoms with Crippen LogP contribution in [0.3, 0.4) is 0 Å². The second kappa shape index (κ2) is 30.4. The fraction of sp³-hybridized carbons (Fsp3) is 0.231. The van der Waals surface area contributed by atoms with Gasteiger partial charge in [0.2, 0.25) is 0 Å². The molecular formula is C52H52Cl2F4Hf2Si2-2. The van der Waals surface area contributed by atoms with Gasteiger partial charge in [-0.15, -0.1) is 48.0 Å². The molecule has 0 saturated carbocycles. The van der Waals surface area contributed by atoms with Gasteiger partial charge in [0.1, 0.15) is 23.3 Å². The van der Waals surface area contributed by atoms with Gasteiger partial charge in [-0.2, -0.15) is 0 Å². The monoisotopic (exact) mass is 1240 g/mol. The zero-order valence-corrected chi connectivity index (χ0v) is 47.3. The third kappa shape index (κ3) is 20.8. The quantitative estimate of drug-likeness (QED) is 0.109. The summed E-state index contributed by atoms with van der Waals surface area (Å²) in [5.74, 6) is -0.592. The summed E-state index contributed by atoms with van der Waals surface area (Å²) in [5, 5.41) is 0. The maximum Gasteiger partial charge on any atom is -1.00 e. The van der Waals surface area contributed by atoms with Gasteiger partial charge in [-0.05, 0) is 46.5 Å². The molecular weight excluding hydrogens is 1180 g/mol. The van der Waals surface area contributed by atoms with Gasteiger partial charge in [-0.1, -0.05) is 100 Å². The number of allylic oxidation sites excluding steroid dienone is 16. The first-order chi connectivity index (χ1) is 28.5. The van der Waals surface area contributed by atoms with Crippen molar-refractivity contribution in [2.75, 3.05) is 0 Å². The fourth-order valence-electron chi connectivity index (χ4n) is 5.97. The second-order valence-electron chi connectivity index (χ2n) is 14.7. The third-order valence-electron chi connectivity index (χ3n) is 8.67. The first kappa shape index (κ1) is 57.3. The molecule has 0 nitrogen and oxygen atoms in total. The molecule has 4 aromatic carbocycles. The van der Waals surface area contributed by atoms with Gasteiger partial charge < -0.3 is 24.8 Å². The van der Waals surface area contributed by atoms with Crippen molar-refractivity contribution in [1.82, 2.24) is 0 Å². The molecule has 320 valence electrons. The van der Waals surface area contributed by atoms with E-state index in [1.165, 1.54) is 70.3 Å². The van der Waals surface area contributed by atoms with Crippen molar-refractivity contribution in [3.63, 3.8) is 0 Å². The molecule has 8 rings (SSSR count). The van der Waals surface area contributed by atoms with Gasteiger partial charge in [-0.25, -0.2) is 64.2 Å². The van der Waals surface area contributed by atoms with Crippen LogP contribution in [-0.2, 0) is 46.0 Å². The van der Waals surface area contributed by atoms with Gasteiger partial charge in [0.25, 0.3) is 0 Å². The minimum absolute atomic E-state index is 0. The van der Waals surface area contributed by atoms with Crippen LogP contribution in [0, 0.1) is 47.6 Å². The van der Waals surface area contributed by atoms with Crippen LogP contribution in [0.15, 0.2) is 144 Å². The Morgan fingerprint density at radius 2 is 0.532 bits per heavy atom. The molecule has 0 unspecified atom stereocenters. The SMILES string of the molecule is CC1=[C-]CC(c2ccccc2F)=C1.CC1=[C-]CC(c2ccccc2F)=C1.CC1=[C-]CC(c2ccccc2F)=C1.CC1=[C-]CC(c2ccccc2F)=C1.C[Si](C)=[Hf+2].C[Si](C)=[Hf+2].[Cl-].[Cl-]. The van der Waals surface area contributed by atoms with Gasteiger partial charge in [0.15, 0.2) is 0 Å². The summed E-state index contributed by atoms with van der Waals surface area (Å²) in [6, 6.07) is 27.4. The average molecular weight is 1240 g/mol. The molecule has 0 aromatic heterocycles. The van der Waals surface area contributed by atoms with Crippen molar-refractivity contribution >= 4 is 33.3 Å². The molecule has 4 aliphatic rings. The number of hydrogen-bond donors (Lipinski definition) is 0. The van der Waals surface area contributed by atoms with E-state index in [2.05, 4.69) is 50.5 Å². The summed E-state index contributed by atoms with van der Waals surface area (Å²) >= 11 is 2.90. The smallest absolute Gasteiger partial charge is 1.00 e. The van der Waals surface area contributed by atoms with Crippen LogP contribution in [0.25, 0.3) is 22.3 Å². The van der Waals surface area contributed by atoms with E-state index in [9.17, 15) is 17.6 Å². The summed E-state index contributed by atoms with van der Waals surface area (Å²) in [6.45, 7) is 17.2. The molecule has 10 heteroatoms. The average Bonchev–Trinajstić information content (AvgIpc) is 4.02. The summed E-state index contributed by atoms with van der Waals surface area (Å²) in [5.41, 5.74) is 11.8. The Hall–Kier alpha value is -2.73. The molecule has 0 atom stereocenters. The fourth-order valence-corrected chi connectivity index (χ4v) is 5.97. The van der Waals surface area contributed by atoms with Crippen LogP contribution in [0.4, 0.5) is 17.6 Å². The molecule has 62 heavy (non-hydrogen) atoms. The Morgan fingerprint density at radius 1 is 0.371 bits per heavy atom. The maximum absolute atomic E-state index is 13.3. The topological polar surface area (TPSA) is 0 Å². The summed E-state index contributed by atoms with van der Waals surface area (Å²) < 4.78 is 53.2. The van der Waals surface area contributed by atoms with Crippen LogP contribution in [-0.4, -0.2) is 11.0 Å². The Bertz CT molecular complexity index is 2070. The molecule has 0 heterocycles. The zero-order valence-electron chi connectivity index (χ0n) is 36.6. The second-order valence-corrected chi connectivity index (χ2v) is 40.3. The molecule has 0 aliphatic heterocycles. The van der Waals surface area contributed by atoms with Crippen LogP contribution < -0.4 is 24.8 Å². The van der Waals surface area contributed by atoms with Crippen LogP contribution in [0.5, 0.6) is 0 Å². The molecule has 0 fully saturated rings. The van der Waals surface area contributed by atoms with E-state index < -0.39 is 0 Å². The van der Waals surface area contributed by atoms with E-state index in [-0.39, 0.29) is 59.1 Å². The molecule has 0 saturated heterocycles. The number of hydrogen-bond acceptors (Lipinski definition) is 0. The Kier molecular flexibility index (Phi) is 28.1. The number of rotatable bonds is 4. The van der Waals surface area contributed by atoms with Crippen LogP contribution >= 0.6 is 0 Å². The summed E-state index contributed by atoms with van der Waals surface area (Å²) in [4.78, 5) is 0. The molecule has 0 amide bonds. The predicted octanol–water partition coefficient (Wildman–Crippen LogP) is 9.03. The first-order valence-corrected chi connectivity index (χ1v) is 35.5. The summed E-state index contributed by atoms with van der Waals surface area (Å²) in [6.07, 6.45) is 23.5. The predicted molar refractivity (Wildman–Crippen MR) is 241 cm³/mol. The molecule has 0 N–H and O–H groups in total. The number of halogens is 6. The largest absolute Gasteiger partial charge is 1.00 e. The van der Waals surface area contributed by atoms with Crippen LogP contribution in [0.2, 0.25) is 26.2 Å². The van der Waals surface area contributed by atoms with E-state index >= 15 is 0 Å². The van der Waals surface area contributed by atoms with Gasteiger partial charge in [0.05, 0.1) is 0 Å². The minimum atomic E-state index is -0.148. The van der Waals surface area contributed by atoms with Crippen molar-refractivity contribution in [3.05, 3.63) is 213 Å². The van der Waals surface area contributed by atoms with Crippen molar-refractivity contribution in [2.45, 2.75) is 79.6 Å².